The number of rotatable bonds is 5. The van der Waals surface area contributed by atoms with Crippen molar-refractivity contribution in [3.63, 3.8) is 0 Å². The van der Waals surface area contributed by atoms with E-state index in [1.807, 2.05) is 18.3 Å². The van der Waals surface area contributed by atoms with Gasteiger partial charge in [-0.2, -0.15) is 0 Å². The molecule has 0 aromatic carbocycles. The fourth-order valence-corrected chi connectivity index (χ4v) is 1.33. The van der Waals surface area contributed by atoms with Crippen molar-refractivity contribution in [1.82, 2.24) is 4.98 Å². The second-order valence-electron chi connectivity index (χ2n) is 3.36. The molecule has 0 aliphatic rings. The lowest BCUT2D eigenvalue weighted by atomic mass is 10.1. The zero-order chi connectivity index (χ0) is 9.52. The predicted molar refractivity (Wildman–Crippen MR) is 56.7 cm³/mol. The molecule has 0 radical (unpaired) electrons. The van der Waals surface area contributed by atoms with E-state index in [4.69, 9.17) is 0 Å². The molecule has 0 saturated heterocycles. The number of nitrogens with zero attached hydrogens (tertiary/aromatic N) is 1. The Morgan fingerprint density at radius 3 is 3.00 bits per heavy atom. The quantitative estimate of drug-likeness (QED) is 0.494. The first-order valence-electron chi connectivity index (χ1n) is 4.85. The molecule has 1 aromatic heterocycles. The van der Waals surface area contributed by atoms with E-state index in [0.717, 1.165) is 12.8 Å². The largest absolute Gasteiger partial charge is 0.261 e. The first-order valence-corrected chi connectivity index (χ1v) is 4.85. The summed E-state index contributed by atoms with van der Waals surface area (Å²) < 4.78 is 0. The van der Waals surface area contributed by atoms with Gasteiger partial charge in [0.05, 0.1) is 0 Å². The Morgan fingerprint density at radius 2 is 2.31 bits per heavy atom. The lowest BCUT2D eigenvalue weighted by Gasteiger charge is -2.00. The molecule has 0 aliphatic carbocycles. The second-order valence-corrected chi connectivity index (χ2v) is 3.36. The highest BCUT2D eigenvalue weighted by molar-refractivity contribution is 5.14. The molecule has 1 aromatic rings. The van der Waals surface area contributed by atoms with Crippen LogP contribution in [0.5, 0.6) is 0 Å². The van der Waals surface area contributed by atoms with Crippen molar-refractivity contribution in [1.29, 1.82) is 0 Å². The molecular weight excluding hydrogens is 158 g/mol. The van der Waals surface area contributed by atoms with Crippen molar-refractivity contribution >= 4 is 0 Å². The number of aromatic nitrogens is 1. The smallest absolute Gasteiger partial charge is 0.0406 e. The zero-order valence-corrected chi connectivity index (χ0v) is 8.29. The van der Waals surface area contributed by atoms with Gasteiger partial charge in [0.15, 0.2) is 0 Å². The summed E-state index contributed by atoms with van der Waals surface area (Å²) in [6, 6.07) is 4.20. The van der Waals surface area contributed by atoms with Crippen LogP contribution < -0.4 is 0 Å². The Hall–Kier alpha value is -1.11. The molecule has 0 fully saturated rings. The summed E-state index contributed by atoms with van der Waals surface area (Å²) >= 11 is 0. The van der Waals surface area contributed by atoms with Crippen LogP contribution in [0.1, 0.15) is 30.5 Å². The summed E-state index contributed by atoms with van der Waals surface area (Å²) in [7, 11) is 0. The summed E-state index contributed by atoms with van der Waals surface area (Å²) in [4.78, 5) is 4.31. The van der Waals surface area contributed by atoms with Crippen LogP contribution in [0.4, 0.5) is 0 Å². The highest BCUT2D eigenvalue weighted by Crippen LogP contribution is 2.05. The van der Waals surface area contributed by atoms with Gasteiger partial charge in [0.2, 0.25) is 0 Å². The van der Waals surface area contributed by atoms with E-state index in [1.54, 1.807) is 0 Å². The molecule has 70 valence electrons. The van der Waals surface area contributed by atoms with Gasteiger partial charge in [0, 0.05) is 11.9 Å². The Morgan fingerprint density at radius 1 is 1.46 bits per heavy atom. The van der Waals surface area contributed by atoms with Crippen LogP contribution in [0.2, 0.25) is 0 Å². The maximum absolute atomic E-state index is 4.31. The van der Waals surface area contributed by atoms with Gasteiger partial charge in [-0.3, -0.25) is 4.98 Å². The lowest BCUT2D eigenvalue weighted by molar-refractivity contribution is 0.734. The average Bonchev–Trinajstić information content (AvgIpc) is 2.13. The molecule has 0 unspecified atom stereocenters. The standard InChI is InChI=1S/C12H17N/c1-3-4-5-6-7-12-10-11(2)8-9-13-12/h3,8-10H,1,4-7H2,2H3. The third-order valence-corrected chi connectivity index (χ3v) is 2.06. The van der Waals surface area contributed by atoms with Crippen LogP contribution in [-0.4, -0.2) is 4.98 Å². The zero-order valence-electron chi connectivity index (χ0n) is 8.29. The molecule has 1 nitrogen and oxygen atoms in total. The Balaban J connectivity index is 2.32. The second kappa shape index (κ2) is 5.52. The van der Waals surface area contributed by atoms with E-state index in [9.17, 15) is 0 Å². The number of unbranched alkanes of at least 4 members (excludes halogenated alkanes) is 2. The van der Waals surface area contributed by atoms with Gasteiger partial charge in [-0.05, 0) is 50.3 Å². The molecule has 0 saturated carbocycles. The van der Waals surface area contributed by atoms with Gasteiger partial charge in [-0.15, -0.1) is 6.58 Å². The molecule has 0 atom stereocenters. The van der Waals surface area contributed by atoms with Gasteiger partial charge >= 0.3 is 0 Å². The van der Waals surface area contributed by atoms with E-state index in [1.165, 1.54) is 24.1 Å². The molecule has 13 heavy (non-hydrogen) atoms. The lowest BCUT2D eigenvalue weighted by Crippen LogP contribution is -1.90. The summed E-state index contributed by atoms with van der Waals surface area (Å²) in [5.74, 6) is 0. The minimum Gasteiger partial charge on any atom is -0.261 e. The van der Waals surface area contributed by atoms with Crippen molar-refractivity contribution in [2.75, 3.05) is 0 Å². The molecule has 0 spiro atoms. The van der Waals surface area contributed by atoms with Crippen molar-refractivity contribution in [3.8, 4) is 0 Å². The predicted octanol–water partition coefficient (Wildman–Crippen LogP) is 3.29. The third kappa shape index (κ3) is 3.88. The van der Waals surface area contributed by atoms with Crippen LogP contribution in [-0.2, 0) is 6.42 Å². The van der Waals surface area contributed by atoms with Crippen molar-refractivity contribution in [3.05, 3.63) is 42.2 Å². The molecule has 1 rings (SSSR count). The van der Waals surface area contributed by atoms with Crippen molar-refractivity contribution in [2.24, 2.45) is 0 Å². The van der Waals surface area contributed by atoms with E-state index in [2.05, 4.69) is 24.6 Å². The molecule has 0 N–H and O–H groups in total. The molecule has 1 heteroatoms. The Bertz CT molecular complexity index is 266. The van der Waals surface area contributed by atoms with Gasteiger partial charge in [0.1, 0.15) is 0 Å². The van der Waals surface area contributed by atoms with E-state index in [-0.39, 0.29) is 0 Å². The monoisotopic (exact) mass is 175 g/mol. The maximum atomic E-state index is 4.31. The molecule has 0 amide bonds. The normalized spacial score (nSPS) is 9.92. The minimum atomic E-state index is 1.09. The molecule has 0 bridgehead atoms. The van der Waals surface area contributed by atoms with Crippen LogP contribution >= 0.6 is 0 Å². The van der Waals surface area contributed by atoms with Crippen LogP contribution in [0.3, 0.4) is 0 Å². The third-order valence-electron chi connectivity index (χ3n) is 2.06. The van der Waals surface area contributed by atoms with Gasteiger partial charge in [-0.25, -0.2) is 0 Å². The van der Waals surface area contributed by atoms with Crippen molar-refractivity contribution < 1.29 is 0 Å². The van der Waals surface area contributed by atoms with E-state index < -0.39 is 0 Å². The van der Waals surface area contributed by atoms with Gasteiger partial charge in [-0.1, -0.05) is 6.08 Å². The number of hydrogen-bond acceptors (Lipinski definition) is 1. The first kappa shape index (κ1) is 9.97. The number of hydrogen-bond donors (Lipinski definition) is 0. The number of allylic oxidation sites excluding steroid dienone is 1. The summed E-state index contributed by atoms with van der Waals surface area (Å²) in [5, 5.41) is 0. The maximum Gasteiger partial charge on any atom is 0.0406 e. The Kier molecular flexibility index (Phi) is 4.24. The highest BCUT2D eigenvalue weighted by Gasteiger charge is 1.94. The minimum absolute atomic E-state index is 1.09. The van der Waals surface area contributed by atoms with Gasteiger partial charge < -0.3 is 0 Å². The number of aryl methyl sites for hydroxylation is 2. The average molecular weight is 175 g/mol. The molecule has 0 aliphatic heterocycles. The fourth-order valence-electron chi connectivity index (χ4n) is 1.33. The first-order chi connectivity index (χ1) is 6.33. The summed E-state index contributed by atoms with van der Waals surface area (Å²) in [5.41, 5.74) is 2.51. The number of pyridine rings is 1. The summed E-state index contributed by atoms with van der Waals surface area (Å²) in [6.45, 7) is 5.81. The van der Waals surface area contributed by atoms with Crippen LogP contribution in [0, 0.1) is 6.92 Å². The van der Waals surface area contributed by atoms with E-state index in [0.29, 0.717) is 0 Å². The van der Waals surface area contributed by atoms with E-state index >= 15 is 0 Å². The van der Waals surface area contributed by atoms with Crippen molar-refractivity contribution in [2.45, 2.75) is 32.6 Å². The van der Waals surface area contributed by atoms with Crippen LogP contribution in [0.15, 0.2) is 31.0 Å². The highest BCUT2D eigenvalue weighted by atomic mass is 14.7. The Labute approximate surface area is 80.5 Å². The van der Waals surface area contributed by atoms with Gasteiger partial charge in [0.25, 0.3) is 0 Å². The fraction of sp³-hybridized carbons (Fsp3) is 0.417. The van der Waals surface area contributed by atoms with Crippen LogP contribution in [0.25, 0.3) is 0 Å². The summed E-state index contributed by atoms with van der Waals surface area (Å²) in [6.07, 6.45) is 8.50. The topological polar surface area (TPSA) is 12.9 Å². The molecular formula is C12H17N. The molecule has 1 heterocycles. The SMILES string of the molecule is C=CCCCCc1cc(C)ccn1.